The lowest BCUT2D eigenvalue weighted by atomic mass is 10.0. The molecule has 0 atom stereocenters. The molecular formula is C18H20N2O6. The van der Waals surface area contributed by atoms with Crippen molar-refractivity contribution in [2.24, 2.45) is 7.05 Å². The van der Waals surface area contributed by atoms with Crippen molar-refractivity contribution in [3.63, 3.8) is 0 Å². The average Bonchev–Trinajstić information content (AvgIpc) is 2.64. The zero-order chi connectivity index (χ0) is 19.3. The standard InChI is InChI=1S/C18H20N2O6/c1-20-7-5-6-11(10-20)17(21)19-9-13-12(18(22)23)8-14(24-2)16(26-4)15(13)25-3/h5-8,10H,9H2,1-4H3,(H-,19,21,22,23). The van der Waals surface area contributed by atoms with Gasteiger partial charge in [-0.15, -0.1) is 0 Å². The van der Waals surface area contributed by atoms with Crippen LogP contribution in [0, 0.1) is 0 Å². The summed E-state index contributed by atoms with van der Waals surface area (Å²) in [6, 6.07) is 4.67. The average molecular weight is 360 g/mol. The zero-order valence-electron chi connectivity index (χ0n) is 15.0. The predicted molar refractivity (Wildman–Crippen MR) is 89.2 cm³/mol. The Balaban J connectivity index is 2.41. The van der Waals surface area contributed by atoms with E-state index < -0.39 is 5.97 Å². The van der Waals surface area contributed by atoms with Crippen molar-refractivity contribution in [1.29, 1.82) is 0 Å². The Morgan fingerprint density at radius 2 is 1.85 bits per heavy atom. The lowest BCUT2D eigenvalue weighted by Gasteiger charge is -2.20. The molecule has 1 aromatic heterocycles. The van der Waals surface area contributed by atoms with Gasteiger partial charge >= 0.3 is 0 Å². The minimum absolute atomic E-state index is 0.0930. The lowest BCUT2D eigenvalue weighted by molar-refractivity contribution is -0.671. The molecule has 2 rings (SSSR count). The molecule has 1 amide bonds. The van der Waals surface area contributed by atoms with E-state index in [2.05, 4.69) is 5.32 Å². The minimum Gasteiger partial charge on any atom is -0.545 e. The fraction of sp³-hybridized carbons (Fsp3) is 0.278. The van der Waals surface area contributed by atoms with Crippen LogP contribution in [-0.4, -0.2) is 33.2 Å². The number of carbonyl (C=O) groups is 2. The summed E-state index contributed by atoms with van der Waals surface area (Å²) in [7, 11) is 5.96. The Bertz CT molecular complexity index is 835. The number of amides is 1. The molecule has 8 nitrogen and oxygen atoms in total. The third kappa shape index (κ3) is 3.85. The fourth-order valence-corrected chi connectivity index (χ4v) is 2.57. The van der Waals surface area contributed by atoms with Crippen molar-refractivity contribution in [2.75, 3.05) is 21.3 Å². The van der Waals surface area contributed by atoms with Gasteiger partial charge in [-0.2, -0.15) is 0 Å². The summed E-state index contributed by atoms with van der Waals surface area (Å²) in [6.07, 6.45) is 3.45. The highest BCUT2D eigenvalue weighted by molar-refractivity contribution is 5.94. The van der Waals surface area contributed by atoms with Gasteiger partial charge in [-0.05, 0) is 12.1 Å². The number of nitrogens with zero attached hydrogens (tertiary/aromatic N) is 1. The van der Waals surface area contributed by atoms with Crippen LogP contribution in [0.25, 0.3) is 0 Å². The summed E-state index contributed by atoms with van der Waals surface area (Å²) in [5.41, 5.74) is 0.502. The molecule has 0 unspecified atom stereocenters. The van der Waals surface area contributed by atoms with Gasteiger partial charge in [0.05, 0.1) is 27.3 Å². The first kappa shape index (κ1) is 19.0. The van der Waals surface area contributed by atoms with Crippen LogP contribution in [0.5, 0.6) is 17.2 Å². The van der Waals surface area contributed by atoms with E-state index in [1.165, 1.54) is 27.4 Å². The van der Waals surface area contributed by atoms with Crippen molar-refractivity contribution in [1.82, 2.24) is 5.32 Å². The molecule has 0 aliphatic rings. The van der Waals surface area contributed by atoms with Gasteiger partial charge in [-0.3, -0.25) is 4.79 Å². The van der Waals surface area contributed by atoms with E-state index in [4.69, 9.17) is 14.2 Å². The molecule has 0 bridgehead atoms. The van der Waals surface area contributed by atoms with Crippen LogP contribution >= 0.6 is 0 Å². The maximum absolute atomic E-state index is 12.3. The van der Waals surface area contributed by atoms with Gasteiger partial charge in [0.15, 0.2) is 23.9 Å². The number of nitrogens with one attached hydrogen (secondary N) is 1. The SMILES string of the molecule is COc1cc(C(=O)[O-])c(CNC(=O)c2ccc[n+](C)c2)c(OC)c1OC. The van der Waals surface area contributed by atoms with Gasteiger partial charge in [-0.25, -0.2) is 4.57 Å². The number of benzene rings is 1. The van der Waals surface area contributed by atoms with E-state index in [-0.39, 0.29) is 40.8 Å². The van der Waals surface area contributed by atoms with Crippen molar-refractivity contribution < 1.29 is 33.5 Å². The first-order valence-corrected chi connectivity index (χ1v) is 7.69. The Labute approximate surface area is 150 Å². The van der Waals surface area contributed by atoms with Crippen molar-refractivity contribution >= 4 is 11.9 Å². The van der Waals surface area contributed by atoms with E-state index in [9.17, 15) is 14.7 Å². The highest BCUT2D eigenvalue weighted by Gasteiger charge is 2.22. The molecule has 26 heavy (non-hydrogen) atoms. The number of hydrogen-bond acceptors (Lipinski definition) is 6. The van der Waals surface area contributed by atoms with Crippen LogP contribution < -0.4 is 29.2 Å². The minimum atomic E-state index is -1.42. The van der Waals surface area contributed by atoms with Crippen LogP contribution in [0.15, 0.2) is 30.6 Å². The van der Waals surface area contributed by atoms with E-state index in [0.717, 1.165) is 0 Å². The first-order chi connectivity index (χ1) is 12.4. The quantitative estimate of drug-likeness (QED) is 0.688. The van der Waals surface area contributed by atoms with E-state index >= 15 is 0 Å². The van der Waals surface area contributed by atoms with Crippen LogP contribution in [0.1, 0.15) is 26.3 Å². The summed E-state index contributed by atoms with van der Waals surface area (Å²) in [5.74, 6) is -1.20. The molecule has 0 saturated heterocycles. The molecule has 0 saturated carbocycles. The third-order valence-corrected chi connectivity index (χ3v) is 3.78. The van der Waals surface area contributed by atoms with Crippen LogP contribution in [0.2, 0.25) is 0 Å². The van der Waals surface area contributed by atoms with Crippen LogP contribution in [0.3, 0.4) is 0 Å². The van der Waals surface area contributed by atoms with E-state index in [0.29, 0.717) is 5.56 Å². The molecule has 0 fully saturated rings. The smallest absolute Gasteiger partial charge is 0.257 e. The summed E-state index contributed by atoms with van der Waals surface area (Å²) < 4.78 is 17.4. The van der Waals surface area contributed by atoms with Gasteiger partial charge in [0.25, 0.3) is 5.91 Å². The monoisotopic (exact) mass is 360 g/mol. The number of carbonyl (C=O) groups excluding carboxylic acids is 2. The summed E-state index contributed by atoms with van der Waals surface area (Å²) in [4.78, 5) is 23.9. The molecule has 1 N–H and O–H groups in total. The second kappa shape index (κ2) is 8.19. The topological polar surface area (TPSA) is 101 Å². The highest BCUT2D eigenvalue weighted by Crippen LogP contribution is 2.41. The van der Waals surface area contributed by atoms with Crippen LogP contribution in [0.4, 0.5) is 0 Å². The number of ether oxygens (including phenoxy) is 3. The number of aryl methyl sites for hydroxylation is 1. The summed E-state index contributed by atoms with van der Waals surface area (Å²) in [5, 5.41) is 14.2. The number of carboxylic acids is 1. The summed E-state index contributed by atoms with van der Waals surface area (Å²) in [6.45, 7) is -0.0930. The molecule has 1 aromatic carbocycles. The normalized spacial score (nSPS) is 10.2. The van der Waals surface area contributed by atoms with Gasteiger partial charge in [0.1, 0.15) is 12.6 Å². The molecule has 1 heterocycles. The lowest BCUT2D eigenvalue weighted by Crippen LogP contribution is -2.32. The Hall–Kier alpha value is -3.29. The third-order valence-electron chi connectivity index (χ3n) is 3.78. The zero-order valence-corrected chi connectivity index (χ0v) is 15.0. The van der Waals surface area contributed by atoms with Gasteiger partial charge in [0, 0.05) is 23.7 Å². The molecule has 0 radical (unpaired) electrons. The van der Waals surface area contributed by atoms with E-state index in [1.54, 1.807) is 36.1 Å². The van der Waals surface area contributed by atoms with Crippen LogP contribution in [-0.2, 0) is 13.6 Å². The second-order valence-electron chi connectivity index (χ2n) is 5.40. The molecular weight excluding hydrogens is 340 g/mol. The summed E-state index contributed by atoms with van der Waals surface area (Å²) >= 11 is 0. The number of aromatic carboxylic acids is 1. The van der Waals surface area contributed by atoms with Gasteiger partial charge in [0.2, 0.25) is 5.75 Å². The van der Waals surface area contributed by atoms with Gasteiger partial charge < -0.3 is 29.4 Å². The number of methoxy groups -OCH3 is 3. The molecule has 138 valence electrons. The molecule has 0 spiro atoms. The Kier molecular flexibility index (Phi) is 6.00. The Morgan fingerprint density at radius 1 is 1.15 bits per heavy atom. The number of carboxylic acid groups (broad SMARTS) is 1. The first-order valence-electron chi connectivity index (χ1n) is 7.69. The Morgan fingerprint density at radius 3 is 2.38 bits per heavy atom. The molecule has 2 aromatic rings. The van der Waals surface area contributed by atoms with Crippen molar-refractivity contribution in [3.8, 4) is 17.2 Å². The highest BCUT2D eigenvalue weighted by atomic mass is 16.5. The molecule has 0 aliphatic carbocycles. The van der Waals surface area contributed by atoms with Crippen molar-refractivity contribution in [2.45, 2.75) is 6.54 Å². The second-order valence-corrected chi connectivity index (χ2v) is 5.40. The largest absolute Gasteiger partial charge is 0.545 e. The maximum Gasteiger partial charge on any atom is 0.257 e. The molecule has 8 heteroatoms. The fourth-order valence-electron chi connectivity index (χ4n) is 2.57. The van der Waals surface area contributed by atoms with Gasteiger partial charge in [-0.1, -0.05) is 0 Å². The number of hydrogen-bond donors (Lipinski definition) is 1. The molecule has 0 aliphatic heterocycles. The van der Waals surface area contributed by atoms with Crippen molar-refractivity contribution in [3.05, 3.63) is 47.3 Å². The predicted octanol–water partition coefficient (Wildman–Crippen LogP) is -0.170. The van der Waals surface area contributed by atoms with E-state index in [1.807, 2.05) is 0 Å². The maximum atomic E-state index is 12.3. The number of pyridine rings is 1. The number of rotatable bonds is 7. The number of aromatic nitrogens is 1.